The van der Waals surface area contributed by atoms with Gasteiger partial charge in [-0.15, -0.1) is 23.8 Å². The summed E-state index contributed by atoms with van der Waals surface area (Å²) in [5.41, 5.74) is 13.8. The molecule has 0 aliphatic heterocycles. The second-order valence-corrected chi connectivity index (χ2v) is 16.7. The molecule has 1 N–H and O–H groups in total. The van der Waals surface area contributed by atoms with E-state index in [-0.39, 0.29) is 32.2 Å². The van der Waals surface area contributed by atoms with Gasteiger partial charge in [0.25, 0.3) is 0 Å². The number of para-hydroxylation sites is 2. The molecule has 0 radical (unpaired) electrons. The van der Waals surface area contributed by atoms with E-state index in [1.54, 1.807) is 6.07 Å². The predicted octanol–water partition coefficient (Wildman–Crippen LogP) is 14.6. The largest absolute Gasteiger partial charge is 0.507 e. The van der Waals surface area contributed by atoms with Crippen molar-refractivity contribution in [2.45, 2.75) is 26.2 Å². The van der Waals surface area contributed by atoms with E-state index in [2.05, 4.69) is 159 Å². The maximum Gasteiger partial charge on any atom is 0.152 e. The van der Waals surface area contributed by atoms with Crippen molar-refractivity contribution in [1.82, 2.24) is 14.5 Å². The molecule has 0 unspecified atom stereocenters. The molecule has 0 saturated heterocycles. The zero-order valence-electron chi connectivity index (χ0n) is 34.3. The third-order valence-corrected chi connectivity index (χ3v) is 11.8. The van der Waals surface area contributed by atoms with Crippen LogP contribution >= 0.6 is 0 Å². The van der Waals surface area contributed by atoms with E-state index in [0.717, 1.165) is 94.1 Å². The van der Waals surface area contributed by atoms with Crippen LogP contribution in [0.1, 0.15) is 26.3 Å². The number of pyridine rings is 1. The Bertz CT molecular complexity index is 3470. The van der Waals surface area contributed by atoms with E-state index in [4.69, 9.17) is 14.4 Å². The van der Waals surface area contributed by atoms with Crippen LogP contribution in [-0.4, -0.2) is 19.6 Å². The van der Waals surface area contributed by atoms with Gasteiger partial charge >= 0.3 is 0 Å². The standard InChI is InChI=1S/C56H40N3O2.Pt/c1-56(2,3)41-26-28-49(46(32-41)36-17-8-5-9-18-36)59-50-23-14-22-42(53(50)58-55(59)45-21-12-13-24-51(45)60)39-29-38(35-15-6-4-7-16-35)30-40(31-39)48-33-47-44-27-25-37-19-10-11-20-43(37)54(44)61-52(47)34-57-48;/h4-30,32-34,60H,1-3H3;/q-1;. The molecular weight excluding hydrogens is 942 g/mol. The van der Waals surface area contributed by atoms with Crippen molar-refractivity contribution >= 4 is 43.7 Å². The molecule has 3 aromatic heterocycles. The van der Waals surface area contributed by atoms with Gasteiger partial charge in [0, 0.05) is 48.5 Å². The number of benzene rings is 8. The smallest absolute Gasteiger partial charge is 0.152 e. The molecule has 6 heteroatoms. The minimum atomic E-state index is -0.0669. The van der Waals surface area contributed by atoms with E-state index in [1.807, 2.05) is 48.7 Å². The average Bonchev–Trinajstić information content (AvgIpc) is 3.88. The van der Waals surface area contributed by atoms with Crippen molar-refractivity contribution < 1.29 is 30.6 Å². The van der Waals surface area contributed by atoms with E-state index >= 15 is 0 Å². The number of rotatable bonds is 6. The van der Waals surface area contributed by atoms with Crippen molar-refractivity contribution in [1.29, 1.82) is 0 Å². The Morgan fingerprint density at radius 1 is 0.581 bits per heavy atom. The Balaban J connectivity index is 0.00000458. The summed E-state index contributed by atoms with van der Waals surface area (Å²) in [6, 6.07) is 64.3. The molecule has 8 aromatic carbocycles. The molecule has 0 amide bonds. The number of aromatic hydroxyl groups is 1. The van der Waals surface area contributed by atoms with Gasteiger partial charge in [-0.3, -0.25) is 9.55 Å². The van der Waals surface area contributed by atoms with E-state index < -0.39 is 0 Å². The van der Waals surface area contributed by atoms with Crippen molar-refractivity contribution in [3.8, 4) is 67.5 Å². The third kappa shape index (κ3) is 6.70. The average molecular weight is 982 g/mol. The van der Waals surface area contributed by atoms with Crippen LogP contribution in [0.15, 0.2) is 187 Å². The molecule has 0 spiro atoms. The molecule has 0 fully saturated rings. The molecule has 0 bridgehead atoms. The SMILES string of the molecule is CC(C)(C)c1ccc(-n2c(-c3ccccc3O)nc3c(-c4[c-]c(-c5cc6c(cn5)oc5c7ccccc7ccc65)cc(-c5ccccc5)c4)cccc32)c(-c2ccccc2)c1.[Pt]. The van der Waals surface area contributed by atoms with Gasteiger partial charge in [0.05, 0.1) is 28.5 Å². The van der Waals surface area contributed by atoms with Crippen LogP contribution in [0.25, 0.3) is 105 Å². The molecule has 0 saturated carbocycles. The number of furan rings is 1. The molecule has 0 aliphatic carbocycles. The molecule has 302 valence electrons. The summed E-state index contributed by atoms with van der Waals surface area (Å²) >= 11 is 0. The van der Waals surface area contributed by atoms with Crippen LogP contribution in [0.2, 0.25) is 0 Å². The van der Waals surface area contributed by atoms with Gasteiger partial charge in [0.1, 0.15) is 17.2 Å². The minimum Gasteiger partial charge on any atom is -0.507 e. The molecule has 0 aliphatic rings. The summed E-state index contributed by atoms with van der Waals surface area (Å²) in [5, 5.41) is 15.7. The fourth-order valence-corrected chi connectivity index (χ4v) is 8.66. The second kappa shape index (κ2) is 15.4. The van der Waals surface area contributed by atoms with Gasteiger partial charge < -0.3 is 9.52 Å². The number of imidazole rings is 1. The Morgan fingerprint density at radius 3 is 2.08 bits per heavy atom. The molecule has 62 heavy (non-hydrogen) atoms. The monoisotopic (exact) mass is 981 g/mol. The van der Waals surface area contributed by atoms with Gasteiger partial charge in [0.2, 0.25) is 0 Å². The van der Waals surface area contributed by atoms with Gasteiger partial charge in [-0.1, -0.05) is 165 Å². The zero-order valence-corrected chi connectivity index (χ0v) is 36.6. The quantitative estimate of drug-likeness (QED) is 0.169. The van der Waals surface area contributed by atoms with Crippen molar-refractivity contribution in [3.05, 3.63) is 194 Å². The predicted molar refractivity (Wildman–Crippen MR) is 250 cm³/mol. The van der Waals surface area contributed by atoms with Crippen molar-refractivity contribution in [2.24, 2.45) is 0 Å². The van der Waals surface area contributed by atoms with E-state index in [0.29, 0.717) is 11.4 Å². The number of fused-ring (bicyclic) bond motifs is 6. The maximum absolute atomic E-state index is 11.4. The van der Waals surface area contributed by atoms with Gasteiger partial charge in [-0.05, 0) is 63.9 Å². The summed E-state index contributed by atoms with van der Waals surface area (Å²) in [5.74, 6) is 0.807. The molecular formula is C56H40N3O2Pt-. The van der Waals surface area contributed by atoms with Crippen molar-refractivity contribution in [3.63, 3.8) is 0 Å². The summed E-state index contributed by atoms with van der Waals surface area (Å²) in [4.78, 5) is 10.4. The molecule has 0 atom stereocenters. The maximum atomic E-state index is 11.4. The number of nitrogens with zero attached hydrogens (tertiary/aromatic N) is 3. The summed E-state index contributed by atoms with van der Waals surface area (Å²) < 4.78 is 8.65. The van der Waals surface area contributed by atoms with Crippen LogP contribution in [0.5, 0.6) is 5.75 Å². The Morgan fingerprint density at radius 2 is 1.29 bits per heavy atom. The van der Waals surface area contributed by atoms with Crippen molar-refractivity contribution in [2.75, 3.05) is 0 Å². The van der Waals surface area contributed by atoms with Gasteiger partial charge in [0.15, 0.2) is 5.58 Å². The summed E-state index contributed by atoms with van der Waals surface area (Å²) in [6.45, 7) is 6.72. The number of aromatic nitrogens is 3. The van der Waals surface area contributed by atoms with Crippen LogP contribution in [-0.2, 0) is 26.5 Å². The Labute approximate surface area is 374 Å². The van der Waals surface area contributed by atoms with Gasteiger partial charge in [-0.2, -0.15) is 0 Å². The van der Waals surface area contributed by atoms with E-state index in [1.165, 1.54) is 5.56 Å². The van der Waals surface area contributed by atoms with Crippen LogP contribution in [0.4, 0.5) is 0 Å². The summed E-state index contributed by atoms with van der Waals surface area (Å²) in [6.07, 6.45) is 1.83. The molecule has 11 rings (SSSR count). The molecule has 11 aromatic rings. The first-order valence-corrected chi connectivity index (χ1v) is 20.6. The number of phenolic OH excluding ortho intramolecular Hbond substituents is 1. The minimum absolute atomic E-state index is 0. The van der Waals surface area contributed by atoms with Crippen LogP contribution < -0.4 is 0 Å². The summed E-state index contributed by atoms with van der Waals surface area (Å²) in [7, 11) is 0. The number of hydrogen-bond acceptors (Lipinski definition) is 4. The fourth-order valence-electron chi connectivity index (χ4n) is 8.66. The fraction of sp³-hybridized carbons (Fsp3) is 0.0714. The normalized spacial score (nSPS) is 11.7. The Hall–Kier alpha value is -7.07. The Kier molecular flexibility index (Phi) is 9.73. The van der Waals surface area contributed by atoms with E-state index in [9.17, 15) is 5.11 Å². The first kappa shape index (κ1) is 39.1. The number of hydrogen-bond donors (Lipinski definition) is 1. The first-order valence-electron chi connectivity index (χ1n) is 20.6. The van der Waals surface area contributed by atoms with Crippen LogP contribution in [0.3, 0.4) is 0 Å². The second-order valence-electron chi connectivity index (χ2n) is 16.7. The zero-order chi connectivity index (χ0) is 41.2. The third-order valence-electron chi connectivity index (χ3n) is 11.8. The van der Waals surface area contributed by atoms with Crippen LogP contribution in [0, 0.1) is 6.07 Å². The number of phenols is 1. The van der Waals surface area contributed by atoms with Gasteiger partial charge in [-0.25, -0.2) is 4.98 Å². The molecule has 3 heterocycles. The topological polar surface area (TPSA) is 64.1 Å². The molecule has 5 nitrogen and oxygen atoms in total. The first-order chi connectivity index (χ1) is 29.8.